The number of hydrogen-bond acceptors (Lipinski definition) is 4. The Bertz CT molecular complexity index is 545. The molecule has 0 aliphatic heterocycles. The molecule has 0 bridgehead atoms. The van der Waals surface area contributed by atoms with E-state index in [1.54, 1.807) is 6.20 Å². The van der Waals surface area contributed by atoms with E-state index in [0.717, 1.165) is 23.4 Å². The third-order valence-corrected chi connectivity index (χ3v) is 3.51. The Morgan fingerprint density at radius 2 is 2.18 bits per heavy atom. The van der Waals surface area contributed by atoms with E-state index in [1.165, 1.54) is 0 Å². The molecule has 17 heavy (non-hydrogen) atoms. The van der Waals surface area contributed by atoms with Crippen LogP contribution in [0.4, 0.5) is 5.88 Å². The lowest BCUT2D eigenvalue weighted by atomic mass is 10.0. The summed E-state index contributed by atoms with van der Waals surface area (Å²) >= 11 is 0. The van der Waals surface area contributed by atoms with Crippen molar-refractivity contribution in [2.45, 2.75) is 26.2 Å². The van der Waals surface area contributed by atoms with Crippen molar-refractivity contribution >= 4 is 5.88 Å². The Balaban J connectivity index is 2.08. The van der Waals surface area contributed by atoms with E-state index >= 15 is 0 Å². The van der Waals surface area contributed by atoms with Crippen LogP contribution >= 0.6 is 0 Å². The van der Waals surface area contributed by atoms with Gasteiger partial charge in [-0.3, -0.25) is 4.98 Å². The Kier molecular flexibility index (Phi) is 2.02. The molecule has 1 atom stereocenters. The highest BCUT2D eigenvalue weighted by Crippen LogP contribution is 2.60. The highest BCUT2D eigenvalue weighted by atomic mass is 16.5. The summed E-state index contributed by atoms with van der Waals surface area (Å²) in [6.07, 6.45) is 2.88. The van der Waals surface area contributed by atoms with Gasteiger partial charge in [-0.1, -0.05) is 25.1 Å². The van der Waals surface area contributed by atoms with Crippen molar-refractivity contribution in [1.82, 2.24) is 10.1 Å². The predicted molar refractivity (Wildman–Crippen MR) is 65.3 cm³/mol. The van der Waals surface area contributed by atoms with Crippen LogP contribution in [-0.4, -0.2) is 10.1 Å². The summed E-state index contributed by atoms with van der Waals surface area (Å²) in [5, 5.41) is 4.11. The van der Waals surface area contributed by atoms with Gasteiger partial charge in [0.15, 0.2) is 0 Å². The molecule has 1 aliphatic carbocycles. The first kappa shape index (κ1) is 10.3. The molecule has 2 aromatic heterocycles. The molecule has 1 saturated carbocycles. The third-order valence-electron chi connectivity index (χ3n) is 3.51. The number of aromatic nitrogens is 2. The maximum atomic E-state index is 5.86. The molecule has 1 unspecified atom stereocenters. The summed E-state index contributed by atoms with van der Waals surface area (Å²) in [6, 6.07) is 5.76. The van der Waals surface area contributed by atoms with Gasteiger partial charge in [0, 0.05) is 12.1 Å². The fourth-order valence-corrected chi connectivity index (χ4v) is 2.26. The van der Waals surface area contributed by atoms with E-state index in [1.807, 2.05) is 18.2 Å². The van der Waals surface area contributed by atoms with Crippen LogP contribution in [0.5, 0.6) is 0 Å². The SMILES string of the molecule is CC1(C)CC1c1noc(N)c1-c1ccccn1. The van der Waals surface area contributed by atoms with Gasteiger partial charge in [0.25, 0.3) is 0 Å². The molecule has 0 amide bonds. The topological polar surface area (TPSA) is 64.9 Å². The average molecular weight is 229 g/mol. The number of nitrogen functional groups attached to an aromatic ring is 1. The van der Waals surface area contributed by atoms with Gasteiger partial charge in [0.2, 0.25) is 5.88 Å². The largest absolute Gasteiger partial charge is 0.367 e. The van der Waals surface area contributed by atoms with Gasteiger partial charge >= 0.3 is 0 Å². The highest BCUT2D eigenvalue weighted by molar-refractivity contribution is 5.73. The molecule has 0 aromatic carbocycles. The van der Waals surface area contributed by atoms with Crippen molar-refractivity contribution in [1.29, 1.82) is 0 Å². The zero-order chi connectivity index (χ0) is 12.0. The van der Waals surface area contributed by atoms with Crippen molar-refractivity contribution in [2.75, 3.05) is 5.73 Å². The standard InChI is InChI=1S/C13H15N3O/c1-13(2)7-8(13)11-10(12(14)17-16-11)9-5-3-4-6-15-9/h3-6,8H,7,14H2,1-2H3. The fourth-order valence-electron chi connectivity index (χ4n) is 2.26. The molecule has 2 heterocycles. The molecule has 0 radical (unpaired) electrons. The van der Waals surface area contributed by atoms with Crippen molar-refractivity contribution < 1.29 is 4.52 Å². The van der Waals surface area contributed by atoms with Gasteiger partial charge in [-0.25, -0.2) is 0 Å². The summed E-state index contributed by atoms with van der Waals surface area (Å²) in [6.45, 7) is 4.45. The Morgan fingerprint density at radius 1 is 1.41 bits per heavy atom. The molecular weight excluding hydrogens is 214 g/mol. The summed E-state index contributed by atoms with van der Waals surface area (Å²) in [4.78, 5) is 4.32. The normalized spacial score (nSPS) is 21.4. The van der Waals surface area contributed by atoms with Gasteiger partial charge in [0.05, 0.1) is 17.0 Å². The van der Waals surface area contributed by atoms with Crippen molar-refractivity contribution in [3.63, 3.8) is 0 Å². The van der Waals surface area contributed by atoms with Crippen LogP contribution in [0.15, 0.2) is 28.9 Å². The predicted octanol–water partition coefficient (Wildman–Crippen LogP) is 2.83. The van der Waals surface area contributed by atoms with Crippen LogP contribution in [0.2, 0.25) is 0 Å². The second-order valence-corrected chi connectivity index (χ2v) is 5.27. The number of hydrogen-bond donors (Lipinski definition) is 1. The summed E-state index contributed by atoms with van der Waals surface area (Å²) in [5.74, 6) is 0.793. The van der Waals surface area contributed by atoms with Crippen LogP contribution in [0.1, 0.15) is 31.9 Å². The quantitative estimate of drug-likeness (QED) is 0.860. The molecule has 0 saturated heterocycles. The van der Waals surface area contributed by atoms with Gasteiger partial charge in [-0.05, 0) is 24.0 Å². The third kappa shape index (κ3) is 1.60. The number of rotatable bonds is 2. The van der Waals surface area contributed by atoms with Crippen LogP contribution in [0, 0.1) is 5.41 Å². The number of pyridine rings is 1. The smallest absolute Gasteiger partial charge is 0.231 e. The molecular formula is C13H15N3O. The van der Waals surface area contributed by atoms with Crippen LogP contribution in [-0.2, 0) is 0 Å². The highest BCUT2D eigenvalue weighted by Gasteiger charge is 2.50. The van der Waals surface area contributed by atoms with E-state index in [-0.39, 0.29) is 0 Å². The first-order valence-electron chi connectivity index (χ1n) is 5.76. The van der Waals surface area contributed by atoms with Crippen LogP contribution < -0.4 is 5.73 Å². The van der Waals surface area contributed by atoms with Gasteiger partial charge in [-0.2, -0.15) is 0 Å². The number of nitrogens with two attached hydrogens (primary N) is 1. The molecule has 4 nitrogen and oxygen atoms in total. The monoisotopic (exact) mass is 229 g/mol. The lowest BCUT2D eigenvalue weighted by Gasteiger charge is -2.03. The van der Waals surface area contributed by atoms with E-state index in [0.29, 0.717) is 17.2 Å². The minimum atomic E-state index is 0.298. The van der Waals surface area contributed by atoms with E-state index in [9.17, 15) is 0 Å². The molecule has 2 aromatic rings. The molecule has 1 aliphatic rings. The Labute approximate surface area is 99.8 Å². The molecule has 88 valence electrons. The van der Waals surface area contributed by atoms with E-state index < -0.39 is 0 Å². The minimum absolute atomic E-state index is 0.298. The minimum Gasteiger partial charge on any atom is -0.367 e. The first-order valence-corrected chi connectivity index (χ1v) is 5.76. The average Bonchev–Trinajstić information content (AvgIpc) is 2.78. The first-order chi connectivity index (χ1) is 8.09. The molecule has 4 heteroatoms. The summed E-state index contributed by atoms with van der Waals surface area (Å²) in [5.41, 5.74) is 8.81. The van der Waals surface area contributed by atoms with Crippen molar-refractivity contribution in [2.24, 2.45) is 5.41 Å². The molecule has 0 spiro atoms. The van der Waals surface area contributed by atoms with Crippen molar-refractivity contribution in [3.8, 4) is 11.3 Å². The molecule has 1 fully saturated rings. The number of anilines is 1. The second-order valence-electron chi connectivity index (χ2n) is 5.27. The Hall–Kier alpha value is -1.84. The van der Waals surface area contributed by atoms with Gasteiger partial charge < -0.3 is 10.3 Å². The molecule has 2 N–H and O–H groups in total. The van der Waals surface area contributed by atoms with E-state index in [2.05, 4.69) is 24.0 Å². The summed E-state index contributed by atoms with van der Waals surface area (Å²) in [7, 11) is 0. The Morgan fingerprint density at radius 3 is 2.76 bits per heavy atom. The van der Waals surface area contributed by atoms with Crippen LogP contribution in [0.25, 0.3) is 11.3 Å². The molecule has 3 rings (SSSR count). The van der Waals surface area contributed by atoms with Gasteiger partial charge in [0.1, 0.15) is 0 Å². The fraction of sp³-hybridized carbons (Fsp3) is 0.385. The van der Waals surface area contributed by atoms with Crippen molar-refractivity contribution in [3.05, 3.63) is 30.1 Å². The second kappa shape index (κ2) is 3.32. The lowest BCUT2D eigenvalue weighted by molar-refractivity contribution is 0.424. The number of nitrogens with zero attached hydrogens (tertiary/aromatic N) is 2. The van der Waals surface area contributed by atoms with Gasteiger partial charge in [-0.15, -0.1) is 0 Å². The maximum absolute atomic E-state index is 5.86. The van der Waals surface area contributed by atoms with E-state index in [4.69, 9.17) is 10.3 Å². The summed E-state index contributed by atoms with van der Waals surface area (Å²) < 4.78 is 5.13. The zero-order valence-electron chi connectivity index (χ0n) is 9.97. The lowest BCUT2D eigenvalue weighted by Crippen LogP contribution is -1.95. The maximum Gasteiger partial charge on any atom is 0.231 e. The van der Waals surface area contributed by atoms with Crippen LogP contribution in [0.3, 0.4) is 0 Å². The zero-order valence-corrected chi connectivity index (χ0v) is 9.97.